The van der Waals surface area contributed by atoms with Crippen LogP contribution in [0.1, 0.15) is 34.6 Å². The van der Waals surface area contributed by atoms with Gasteiger partial charge in [0.25, 0.3) is 0 Å². The van der Waals surface area contributed by atoms with E-state index in [2.05, 4.69) is 5.32 Å². The van der Waals surface area contributed by atoms with E-state index in [-0.39, 0.29) is 22.7 Å². The van der Waals surface area contributed by atoms with Crippen LogP contribution >= 0.6 is 0 Å². The second-order valence-corrected chi connectivity index (χ2v) is 5.52. The molecule has 0 aliphatic heterocycles. The average molecular weight is 212 g/mol. The minimum absolute atomic E-state index is 0.0464. The Morgan fingerprint density at radius 3 is 1.87 bits per heavy atom. The van der Waals surface area contributed by atoms with Gasteiger partial charge in [-0.1, -0.05) is 27.7 Å². The number of nitrogens with one attached hydrogen (secondary N) is 1. The fraction of sp³-hybridized carbons (Fsp3) is 0.818. The normalized spacial score (nSPS) is 24.4. The minimum Gasteiger partial charge on any atom is -0.320 e. The number of hydrogen-bond donors (Lipinski definition) is 2. The molecular formula is C11H20N2O2. The molecule has 1 atom stereocenters. The molecule has 0 bridgehead atoms. The van der Waals surface area contributed by atoms with Crippen LogP contribution in [-0.4, -0.2) is 17.9 Å². The lowest BCUT2D eigenvalue weighted by molar-refractivity contribution is -0.132. The summed E-state index contributed by atoms with van der Waals surface area (Å²) in [6, 6.07) is -0.640. The molecule has 1 aliphatic carbocycles. The Labute approximate surface area is 90.6 Å². The van der Waals surface area contributed by atoms with Crippen molar-refractivity contribution in [1.82, 2.24) is 5.32 Å². The Morgan fingerprint density at radius 1 is 1.20 bits per heavy atom. The lowest BCUT2D eigenvalue weighted by Crippen LogP contribution is -2.43. The molecule has 0 radical (unpaired) electrons. The zero-order chi connectivity index (χ0) is 12.0. The van der Waals surface area contributed by atoms with E-state index in [9.17, 15) is 9.59 Å². The number of imide groups is 1. The van der Waals surface area contributed by atoms with Gasteiger partial charge in [0.2, 0.25) is 11.8 Å². The van der Waals surface area contributed by atoms with Crippen molar-refractivity contribution in [3.05, 3.63) is 0 Å². The molecule has 0 aromatic carbocycles. The topological polar surface area (TPSA) is 72.2 Å². The van der Waals surface area contributed by atoms with Crippen molar-refractivity contribution in [3.63, 3.8) is 0 Å². The van der Waals surface area contributed by atoms with Crippen LogP contribution in [0.2, 0.25) is 0 Å². The predicted molar refractivity (Wildman–Crippen MR) is 57.9 cm³/mol. The highest BCUT2D eigenvalue weighted by Crippen LogP contribution is 2.68. The van der Waals surface area contributed by atoms with Crippen LogP contribution in [0.25, 0.3) is 0 Å². The molecule has 0 spiro atoms. The standard InChI is InChI=1S/C11H20N2O2/c1-6(12)8(14)13-9(15)7-10(2,3)11(7,4)5/h6-7H,12H2,1-5H3,(H,13,14,15). The largest absolute Gasteiger partial charge is 0.320 e. The number of rotatable bonds is 2. The summed E-state index contributed by atoms with van der Waals surface area (Å²) in [4.78, 5) is 23.0. The van der Waals surface area contributed by atoms with Crippen molar-refractivity contribution in [2.45, 2.75) is 40.7 Å². The molecule has 4 heteroatoms. The Kier molecular flexibility index (Phi) is 2.68. The maximum Gasteiger partial charge on any atom is 0.243 e. The highest BCUT2D eigenvalue weighted by Gasteiger charge is 2.68. The minimum atomic E-state index is -0.640. The van der Waals surface area contributed by atoms with E-state index in [0.29, 0.717) is 0 Å². The fourth-order valence-corrected chi connectivity index (χ4v) is 2.16. The fourth-order valence-electron chi connectivity index (χ4n) is 2.16. The summed E-state index contributed by atoms with van der Waals surface area (Å²) in [6.45, 7) is 9.70. The average Bonchev–Trinajstić information content (AvgIpc) is 2.41. The molecule has 2 amide bonds. The van der Waals surface area contributed by atoms with Gasteiger partial charge in [0.05, 0.1) is 6.04 Å². The summed E-state index contributed by atoms with van der Waals surface area (Å²) >= 11 is 0. The summed E-state index contributed by atoms with van der Waals surface area (Å²) in [7, 11) is 0. The SMILES string of the molecule is CC(N)C(=O)NC(=O)C1C(C)(C)C1(C)C. The molecule has 1 unspecified atom stereocenters. The van der Waals surface area contributed by atoms with E-state index in [0.717, 1.165) is 0 Å². The van der Waals surface area contributed by atoms with Gasteiger partial charge in [-0.2, -0.15) is 0 Å². The first-order valence-electron chi connectivity index (χ1n) is 5.22. The van der Waals surface area contributed by atoms with Crippen molar-refractivity contribution in [3.8, 4) is 0 Å². The van der Waals surface area contributed by atoms with Gasteiger partial charge in [-0.05, 0) is 17.8 Å². The maximum atomic E-state index is 11.8. The van der Waals surface area contributed by atoms with Crippen LogP contribution in [0.3, 0.4) is 0 Å². The molecule has 0 heterocycles. The molecule has 1 saturated carbocycles. The maximum absolute atomic E-state index is 11.8. The van der Waals surface area contributed by atoms with Gasteiger partial charge in [0.15, 0.2) is 0 Å². The van der Waals surface area contributed by atoms with Gasteiger partial charge in [0, 0.05) is 5.92 Å². The van der Waals surface area contributed by atoms with E-state index in [1.807, 2.05) is 27.7 Å². The first-order valence-corrected chi connectivity index (χ1v) is 5.22. The highest BCUT2D eigenvalue weighted by atomic mass is 16.2. The third-order valence-electron chi connectivity index (χ3n) is 3.94. The molecule has 0 saturated heterocycles. The predicted octanol–water partition coefficient (Wildman–Crippen LogP) is 0.659. The van der Waals surface area contributed by atoms with E-state index in [1.165, 1.54) is 0 Å². The number of carbonyl (C=O) groups excluding carboxylic acids is 2. The smallest absolute Gasteiger partial charge is 0.243 e. The van der Waals surface area contributed by atoms with E-state index in [4.69, 9.17) is 5.73 Å². The molecule has 15 heavy (non-hydrogen) atoms. The molecule has 0 aromatic rings. The Bertz CT molecular complexity index is 292. The quantitative estimate of drug-likeness (QED) is 0.706. The van der Waals surface area contributed by atoms with Crippen LogP contribution in [0.4, 0.5) is 0 Å². The summed E-state index contributed by atoms with van der Waals surface area (Å²) in [5, 5.41) is 2.35. The van der Waals surface area contributed by atoms with Crippen molar-refractivity contribution >= 4 is 11.8 Å². The van der Waals surface area contributed by atoms with E-state index >= 15 is 0 Å². The van der Waals surface area contributed by atoms with Gasteiger partial charge in [0.1, 0.15) is 0 Å². The lowest BCUT2D eigenvalue weighted by Gasteiger charge is -2.07. The van der Waals surface area contributed by atoms with Gasteiger partial charge in [-0.3, -0.25) is 14.9 Å². The number of hydrogen-bond acceptors (Lipinski definition) is 3. The number of carbonyl (C=O) groups is 2. The van der Waals surface area contributed by atoms with E-state index < -0.39 is 11.9 Å². The molecular weight excluding hydrogens is 192 g/mol. The highest BCUT2D eigenvalue weighted by molar-refractivity contribution is 6.00. The summed E-state index contributed by atoms with van der Waals surface area (Å²) < 4.78 is 0. The van der Waals surface area contributed by atoms with Crippen molar-refractivity contribution in [2.24, 2.45) is 22.5 Å². The molecule has 1 fully saturated rings. The zero-order valence-corrected chi connectivity index (χ0v) is 10.0. The van der Waals surface area contributed by atoms with Crippen molar-refractivity contribution in [1.29, 1.82) is 0 Å². The summed E-state index contributed by atoms with van der Waals surface area (Å²) in [5.74, 6) is -0.710. The molecule has 4 nitrogen and oxygen atoms in total. The molecule has 1 rings (SSSR count). The molecule has 86 valence electrons. The first-order chi connectivity index (χ1) is 6.62. The van der Waals surface area contributed by atoms with Crippen molar-refractivity contribution < 1.29 is 9.59 Å². The van der Waals surface area contributed by atoms with Crippen LogP contribution < -0.4 is 11.1 Å². The second-order valence-electron chi connectivity index (χ2n) is 5.52. The molecule has 3 N–H and O–H groups in total. The Balaban J connectivity index is 2.63. The van der Waals surface area contributed by atoms with Crippen LogP contribution in [-0.2, 0) is 9.59 Å². The third-order valence-corrected chi connectivity index (χ3v) is 3.94. The van der Waals surface area contributed by atoms with Gasteiger partial charge >= 0.3 is 0 Å². The number of nitrogens with two attached hydrogens (primary N) is 1. The van der Waals surface area contributed by atoms with Crippen LogP contribution in [0.15, 0.2) is 0 Å². The Morgan fingerprint density at radius 2 is 1.60 bits per heavy atom. The van der Waals surface area contributed by atoms with Gasteiger partial charge in [-0.25, -0.2) is 0 Å². The van der Waals surface area contributed by atoms with E-state index in [1.54, 1.807) is 6.92 Å². The zero-order valence-electron chi connectivity index (χ0n) is 10.0. The monoisotopic (exact) mass is 212 g/mol. The molecule has 0 aromatic heterocycles. The lowest BCUT2D eigenvalue weighted by atomic mass is 10.0. The van der Waals surface area contributed by atoms with Gasteiger partial charge < -0.3 is 5.73 Å². The van der Waals surface area contributed by atoms with Crippen LogP contribution in [0.5, 0.6) is 0 Å². The summed E-state index contributed by atoms with van der Waals surface area (Å²) in [6.07, 6.45) is 0. The molecule has 1 aliphatic rings. The van der Waals surface area contributed by atoms with Crippen molar-refractivity contribution in [2.75, 3.05) is 0 Å². The Hall–Kier alpha value is -0.900. The van der Waals surface area contributed by atoms with Crippen LogP contribution in [0, 0.1) is 16.7 Å². The second kappa shape index (κ2) is 3.30. The van der Waals surface area contributed by atoms with Gasteiger partial charge in [-0.15, -0.1) is 0 Å². The summed E-state index contributed by atoms with van der Waals surface area (Å²) in [5.41, 5.74) is 5.28. The third kappa shape index (κ3) is 1.78. The number of amides is 2. The first kappa shape index (κ1) is 12.2.